The second-order valence-electron chi connectivity index (χ2n) is 7.04. The van der Waals surface area contributed by atoms with Crippen LogP contribution in [-0.2, 0) is 7.05 Å². The lowest BCUT2D eigenvalue weighted by atomic mass is 10.1. The average molecular weight is 397 g/mol. The maximum absolute atomic E-state index is 13.4. The highest BCUT2D eigenvalue weighted by Gasteiger charge is 2.25. The third kappa shape index (κ3) is 3.88. The predicted octanol–water partition coefficient (Wildman–Crippen LogP) is 4.22. The molecule has 3 aromatic carbocycles. The number of aliphatic hydroxyl groups excluding tert-OH is 1. The van der Waals surface area contributed by atoms with Gasteiger partial charge in [0.25, 0.3) is 5.91 Å². The molecule has 1 aromatic heterocycles. The van der Waals surface area contributed by atoms with E-state index in [1.807, 2.05) is 103 Å². The molecule has 0 saturated carbocycles. The number of imidazole rings is 1. The Morgan fingerprint density at radius 3 is 2.00 bits per heavy atom. The fourth-order valence-electron chi connectivity index (χ4n) is 3.55. The highest BCUT2D eigenvalue weighted by molar-refractivity contribution is 5.99. The first-order valence-corrected chi connectivity index (χ1v) is 9.83. The van der Waals surface area contributed by atoms with Crippen molar-refractivity contribution >= 4 is 5.91 Å². The first-order valence-electron chi connectivity index (χ1n) is 9.83. The van der Waals surface area contributed by atoms with Crippen molar-refractivity contribution in [3.05, 3.63) is 102 Å². The van der Waals surface area contributed by atoms with Crippen molar-refractivity contribution in [3.63, 3.8) is 0 Å². The summed E-state index contributed by atoms with van der Waals surface area (Å²) in [6.07, 6.45) is 0. The van der Waals surface area contributed by atoms with Gasteiger partial charge >= 0.3 is 0 Å². The Kier molecular flexibility index (Phi) is 5.72. The highest BCUT2D eigenvalue weighted by Crippen LogP contribution is 2.29. The van der Waals surface area contributed by atoms with Gasteiger partial charge in [-0.15, -0.1) is 0 Å². The number of rotatable bonds is 6. The van der Waals surface area contributed by atoms with Crippen molar-refractivity contribution < 1.29 is 9.90 Å². The van der Waals surface area contributed by atoms with Crippen LogP contribution in [0.5, 0.6) is 0 Å². The topological polar surface area (TPSA) is 67.2 Å². The fourth-order valence-corrected chi connectivity index (χ4v) is 3.55. The smallest absolute Gasteiger partial charge is 0.270 e. The number of benzene rings is 3. The van der Waals surface area contributed by atoms with Crippen molar-refractivity contribution in [2.24, 2.45) is 7.05 Å². The number of nitrogens with one attached hydrogen (secondary N) is 1. The Hall–Kier alpha value is -3.70. The molecule has 0 fully saturated rings. The minimum atomic E-state index is -0.502. The molecule has 0 saturated heterocycles. The molecular formula is C25H23N3O2. The molecule has 4 aromatic rings. The minimum absolute atomic E-state index is 0.195. The second kappa shape index (κ2) is 8.76. The van der Waals surface area contributed by atoms with Crippen molar-refractivity contribution in [3.8, 4) is 22.6 Å². The van der Waals surface area contributed by atoms with E-state index in [1.165, 1.54) is 0 Å². The third-order valence-corrected chi connectivity index (χ3v) is 5.08. The van der Waals surface area contributed by atoms with Crippen LogP contribution in [-0.4, -0.2) is 27.2 Å². The zero-order chi connectivity index (χ0) is 20.9. The summed E-state index contributed by atoms with van der Waals surface area (Å²) in [6, 6.07) is 28.4. The Morgan fingerprint density at radius 2 is 1.43 bits per heavy atom. The van der Waals surface area contributed by atoms with Gasteiger partial charge in [0, 0.05) is 18.2 Å². The van der Waals surface area contributed by atoms with E-state index in [9.17, 15) is 9.90 Å². The van der Waals surface area contributed by atoms with Crippen LogP contribution in [0, 0.1) is 0 Å². The second-order valence-corrected chi connectivity index (χ2v) is 7.04. The number of carbonyl (C=O) groups excluding carboxylic acids is 1. The molecule has 0 spiro atoms. The Labute approximate surface area is 175 Å². The minimum Gasteiger partial charge on any atom is -0.394 e. The van der Waals surface area contributed by atoms with Crippen molar-refractivity contribution in [1.29, 1.82) is 0 Å². The summed E-state index contributed by atoms with van der Waals surface area (Å²) in [6.45, 7) is -0.195. The van der Waals surface area contributed by atoms with Crippen LogP contribution < -0.4 is 5.32 Å². The third-order valence-electron chi connectivity index (χ3n) is 5.08. The summed E-state index contributed by atoms with van der Waals surface area (Å²) in [5.41, 5.74) is 3.70. The molecular weight excluding hydrogens is 374 g/mol. The van der Waals surface area contributed by atoms with Crippen LogP contribution in [0.2, 0.25) is 0 Å². The van der Waals surface area contributed by atoms with E-state index < -0.39 is 6.04 Å². The van der Waals surface area contributed by atoms with E-state index in [-0.39, 0.29) is 12.5 Å². The molecule has 0 radical (unpaired) electrons. The van der Waals surface area contributed by atoms with Gasteiger partial charge in [-0.1, -0.05) is 91.0 Å². The SMILES string of the molecule is Cn1c(-c2ccccc2)nc(-c2ccccc2)c1C(=O)N[C@@H](CO)c1ccccc1. The van der Waals surface area contributed by atoms with E-state index in [1.54, 1.807) is 0 Å². The van der Waals surface area contributed by atoms with Gasteiger partial charge in [0.1, 0.15) is 17.2 Å². The molecule has 0 unspecified atom stereocenters. The molecule has 5 nitrogen and oxygen atoms in total. The molecule has 0 bridgehead atoms. The van der Waals surface area contributed by atoms with Gasteiger partial charge in [-0.05, 0) is 5.56 Å². The van der Waals surface area contributed by atoms with Crippen LogP contribution in [0.3, 0.4) is 0 Å². The lowest BCUT2D eigenvalue weighted by Gasteiger charge is -2.17. The predicted molar refractivity (Wildman–Crippen MR) is 118 cm³/mol. The van der Waals surface area contributed by atoms with Crippen LogP contribution in [0.15, 0.2) is 91.0 Å². The Balaban J connectivity index is 1.77. The van der Waals surface area contributed by atoms with Gasteiger partial charge in [-0.25, -0.2) is 4.98 Å². The molecule has 5 heteroatoms. The lowest BCUT2D eigenvalue weighted by molar-refractivity contribution is 0.0908. The zero-order valence-corrected chi connectivity index (χ0v) is 16.7. The molecule has 30 heavy (non-hydrogen) atoms. The number of amides is 1. The van der Waals surface area contributed by atoms with E-state index in [0.29, 0.717) is 17.2 Å². The Bertz CT molecular complexity index is 1120. The summed E-state index contributed by atoms with van der Waals surface area (Å²) in [5.74, 6) is 0.425. The van der Waals surface area contributed by atoms with Crippen LogP contribution >= 0.6 is 0 Å². The summed E-state index contributed by atoms with van der Waals surface area (Å²) in [7, 11) is 1.84. The van der Waals surface area contributed by atoms with Crippen molar-refractivity contribution in [2.75, 3.05) is 6.61 Å². The summed E-state index contributed by atoms with van der Waals surface area (Å²) < 4.78 is 1.81. The number of aromatic nitrogens is 2. The molecule has 0 aliphatic heterocycles. The van der Waals surface area contributed by atoms with Gasteiger partial charge < -0.3 is 15.0 Å². The van der Waals surface area contributed by atoms with E-state index in [4.69, 9.17) is 4.98 Å². The van der Waals surface area contributed by atoms with E-state index in [0.717, 1.165) is 16.7 Å². The van der Waals surface area contributed by atoms with E-state index >= 15 is 0 Å². The van der Waals surface area contributed by atoms with Crippen LogP contribution in [0.4, 0.5) is 0 Å². The number of aliphatic hydroxyl groups is 1. The lowest BCUT2D eigenvalue weighted by Crippen LogP contribution is -2.32. The molecule has 1 heterocycles. The molecule has 150 valence electrons. The summed E-state index contributed by atoms with van der Waals surface area (Å²) in [4.78, 5) is 18.2. The van der Waals surface area contributed by atoms with Crippen molar-refractivity contribution in [2.45, 2.75) is 6.04 Å². The molecule has 0 aliphatic carbocycles. The molecule has 4 rings (SSSR count). The van der Waals surface area contributed by atoms with Crippen molar-refractivity contribution in [1.82, 2.24) is 14.9 Å². The number of hydrogen-bond acceptors (Lipinski definition) is 3. The van der Waals surface area contributed by atoms with Crippen LogP contribution in [0.1, 0.15) is 22.1 Å². The molecule has 2 N–H and O–H groups in total. The summed E-state index contributed by atoms with van der Waals surface area (Å²) in [5, 5.41) is 12.8. The molecule has 1 atom stereocenters. The van der Waals surface area contributed by atoms with Crippen LogP contribution in [0.25, 0.3) is 22.6 Å². The average Bonchev–Trinajstić information content (AvgIpc) is 3.16. The monoisotopic (exact) mass is 397 g/mol. The van der Waals surface area contributed by atoms with Gasteiger partial charge in [-0.2, -0.15) is 0 Å². The van der Waals surface area contributed by atoms with E-state index in [2.05, 4.69) is 5.32 Å². The highest BCUT2D eigenvalue weighted by atomic mass is 16.3. The fraction of sp³-hybridized carbons (Fsp3) is 0.120. The molecule has 0 aliphatic rings. The summed E-state index contributed by atoms with van der Waals surface area (Å²) >= 11 is 0. The first kappa shape index (κ1) is 19.6. The largest absolute Gasteiger partial charge is 0.394 e. The Morgan fingerprint density at radius 1 is 0.900 bits per heavy atom. The number of nitrogens with zero attached hydrogens (tertiary/aromatic N) is 2. The maximum Gasteiger partial charge on any atom is 0.270 e. The number of hydrogen-bond donors (Lipinski definition) is 2. The van der Waals surface area contributed by atoms with Gasteiger partial charge in [0.15, 0.2) is 0 Å². The first-order chi connectivity index (χ1) is 14.7. The normalized spacial score (nSPS) is 11.8. The standard InChI is InChI=1S/C25H23N3O2/c1-28-23(25(30)26-21(17-29)18-11-5-2-6-12-18)22(19-13-7-3-8-14-19)27-24(28)20-15-9-4-10-16-20/h2-16,21,29H,17H2,1H3,(H,26,30)/t21-/m0/s1. The van der Waals surface area contributed by atoms with Gasteiger partial charge in [0.2, 0.25) is 0 Å². The molecule has 1 amide bonds. The quantitative estimate of drug-likeness (QED) is 0.512. The van der Waals surface area contributed by atoms with Gasteiger partial charge in [0.05, 0.1) is 12.6 Å². The zero-order valence-electron chi connectivity index (χ0n) is 16.7. The van der Waals surface area contributed by atoms with Gasteiger partial charge in [-0.3, -0.25) is 4.79 Å². The number of carbonyl (C=O) groups is 1. The maximum atomic E-state index is 13.4.